The van der Waals surface area contributed by atoms with Crippen LogP contribution in [0.25, 0.3) is 10.6 Å². The lowest BCUT2D eigenvalue weighted by Crippen LogP contribution is -2.47. The van der Waals surface area contributed by atoms with Crippen LogP contribution in [-0.2, 0) is 6.42 Å². The van der Waals surface area contributed by atoms with Gasteiger partial charge in [-0.1, -0.05) is 6.07 Å². The van der Waals surface area contributed by atoms with Crippen LogP contribution in [0.1, 0.15) is 5.56 Å². The van der Waals surface area contributed by atoms with Gasteiger partial charge in [0.2, 0.25) is 0 Å². The van der Waals surface area contributed by atoms with E-state index in [4.69, 9.17) is 4.74 Å². The maximum absolute atomic E-state index is 9.65. The normalized spacial score (nSPS) is 15.2. The predicted octanol–water partition coefficient (Wildman–Crippen LogP) is 3.22. The third-order valence-electron chi connectivity index (χ3n) is 5.06. The Balaban J connectivity index is 1.34. The lowest BCUT2D eigenvalue weighted by molar-refractivity contribution is 0.260. The van der Waals surface area contributed by atoms with E-state index in [-0.39, 0.29) is 5.75 Å². The van der Waals surface area contributed by atoms with Crippen LogP contribution in [0, 0.1) is 0 Å². The number of phenolic OH excluding ortho intramolecular Hbond substituents is 1. The summed E-state index contributed by atoms with van der Waals surface area (Å²) in [4.78, 5) is 6.06. The predicted molar refractivity (Wildman–Crippen MR) is 109 cm³/mol. The molecule has 3 heterocycles. The highest BCUT2D eigenvalue weighted by Crippen LogP contribution is 2.32. The van der Waals surface area contributed by atoms with Crippen molar-refractivity contribution in [3.63, 3.8) is 0 Å². The third kappa shape index (κ3) is 3.94. The van der Waals surface area contributed by atoms with Crippen LogP contribution >= 0.6 is 11.3 Å². The molecule has 4 rings (SSSR count). The van der Waals surface area contributed by atoms with Crippen molar-refractivity contribution in [3.8, 4) is 22.1 Å². The standard InChI is InChI=1S/C20H24N4O2S/c1-26-18-13-16(25)4-5-17(18)24-10-8-23(9-11-24)7-6-15-14-21-22-20(15)19-3-2-12-27-19/h2-5,12-14,25H,6-11H2,1H3,(H,21,22). The molecule has 1 aromatic carbocycles. The SMILES string of the molecule is COc1cc(O)ccc1N1CCN(CCc2cn[nH]c2-c2cccs2)CC1. The van der Waals surface area contributed by atoms with Crippen LogP contribution in [0.15, 0.2) is 41.9 Å². The second kappa shape index (κ2) is 8.02. The fourth-order valence-corrected chi connectivity index (χ4v) is 4.31. The van der Waals surface area contributed by atoms with Crippen molar-refractivity contribution in [2.45, 2.75) is 6.42 Å². The summed E-state index contributed by atoms with van der Waals surface area (Å²) in [5, 5.41) is 19.1. The molecule has 2 aromatic heterocycles. The lowest BCUT2D eigenvalue weighted by atomic mass is 10.1. The van der Waals surface area contributed by atoms with Crippen molar-refractivity contribution in [3.05, 3.63) is 47.5 Å². The van der Waals surface area contributed by atoms with Crippen molar-refractivity contribution < 1.29 is 9.84 Å². The minimum atomic E-state index is 0.232. The first-order valence-corrected chi connectivity index (χ1v) is 10.0. The van der Waals surface area contributed by atoms with Crippen LogP contribution in [0.5, 0.6) is 11.5 Å². The van der Waals surface area contributed by atoms with Crippen molar-refractivity contribution in [2.24, 2.45) is 0 Å². The van der Waals surface area contributed by atoms with Gasteiger partial charge in [-0.25, -0.2) is 0 Å². The summed E-state index contributed by atoms with van der Waals surface area (Å²) in [6.07, 6.45) is 2.94. The van der Waals surface area contributed by atoms with Crippen LogP contribution in [0.4, 0.5) is 5.69 Å². The summed E-state index contributed by atoms with van der Waals surface area (Å²) in [7, 11) is 1.64. The van der Waals surface area contributed by atoms with E-state index >= 15 is 0 Å². The molecule has 2 N–H and O–H groups in total. The number of methoxy groups -OCH3 is 1. The minimum absolute atomic E-state index is 0.232. The molecule has 27 heavy (non-hydrogen) atoms. The molecule has 1 saturated heterocycles. The van der Waals surface area contributed by atoms with E-state index in [0.29, 0.717) is 0 Å². The van der Waals surface area contributed by atoms with Gasteiger partial charge in [0.1, 0.15) is 11.5 Å². The maximum Gasteiger partial charge on any atom is 0.145 e. The van der Waals surface area contributed by atoms with Gasteiger partial charge in [0.15, 0.2) is 0 Å². The molecule has 0 unspecified atom stereocenters. The highest BCUT2D eigenvalue weighted by Gasteiger charge is 2.20. The molecule has 0 amide bonds. The number of thiophene rings is 1. The molecule has 142 valence electrons. The average Bonchev–Trinajstić information content (AvgIpc) is 3.38. The van der Waals surface area contributed by atoms with Crippen LogP contribution in [0.3, 0.4) is 0 Å². The molecule has 1 aliphatic heterocycles. The van der Waals surface area contributed by atoms with Crippen molar-refractivity contribution in [1.82, 2.24) is 15.1 Å². The Bertz CT molecular complexity index is 870. The number of nitrogens with zero attached hydrogens (tertiary/aromatic N) is 3. The maximum atomic E-state index is 9.65. The van der Waals surface area contributed by atoms with Crippen LogP contribution in [-0.4, -0.2) is 60.0 Å². The Morgan fingerprint density at radius 2 is 2.07 bits per heavy atom. The molecule has 1 fully saturated rings. The van der Waals surface area contributed by atoms with E-state index in [1.54, 1.807) is 30.6 Å². The molecular formula is C20H24N4O2S. The van der Waals surface area contributed by atoms with Gasteiger partial charge in [-0.05, 0) is 35.6 Å². The number of piperazine rings is 1. The van der Waals surface area contributed by atoms with Gasteiger partial charge >= 0.3 is 0 Å². The number of aromatic nitrogens is 2. The first-order valence-electron chi connectivity index (χ1n) is 9.15. The molecular weight excluding hydrogens is 360 g/mol. The molecule has 0 spiro atoms. The number of hydrogen-bond donors (Lipinski definition) is 2. The largest absolute Gasteiger partial charge is 0.508 e. The van der Waals surface area contributed by atoms with E-state index in [9.17, 15) is 5.11 Å². The van der Waals surface area contributed by atoms with E-state index in [1.807, 2.05) is 12.3 Å². The number of rotatable bonds is 6. The number of aromatic hydroxyl groups is 1. The summed E-state index contributed by atoms with van der Waals surface area (Å²) >= 11 is 1.74. The topological polar surface area (TPSA) is 64.6 Å². The molecule has 0 radical (unpaired) electrons. The zero-order valence-corrected chi connectivity index (χ0v) is 16.2. The van der Waals surface area contributed by atoms with Crippen molar-refractivity contribution in [2.75, 3.05) is 44.7 Å². The third-order valence-corrected chi connectivity index (χ3v) is 5.95. The Morgan fingerprint density at radius 1 is 1.22 bits per heavy atom. The summed E-state index contributed by atoms with van der Waals surface area (Å²) in [5.74, 6) is 0.957. The first kappa shape index (κ1) is 17.9. The van der Waals surface area contributed by atoms with Gasteiger partial charge in [0, 0.05) is 38.8 Å². The molecule has 0 bridgehead atoms. The number of benzene rings is 1. The van der Waals surface area contributed by atoms with Gasteiger partial charge in [-0.3, -0.25) is 10.00 Å². The number of ether oxygens (including phenoxy) is 1. The molecule has 7 heteroatoms. The highest BCUT2D eigenvalue weighted by atomic mass is 32.1. The first-order chi connectivity index (χ1) is 13.2. The van der Waals surface area contributed by atoms with Gasteiger partial charge < -0.3 is 14.7 Å². The molecule has 1 aliphatic rings. The lowest BCUT2D eigenvalue weighted by Gasteiger charge is -2.36. The average molecular weight is 385 g/mol. The Kier molecular flexibility index (Phi) is 5.31. The summed E-state index contributed by atoms with van der Waals surface area (Å²) in [6, 6.07) is 9.53. The number of anilines is 1. The number of hydrogen-bond acceptors (Lipinski definition) is 6. The van der Waals surface area contributed by atoms with Gasteiger partial charge in [0.25, 0.3) is 0 Å². The molecule has 0 atom stereocenters. The zero-order chi connectivity index (χ0) is 18.6. The summed E-state index contributed by atoms with van der Waals surface area (Å²) in [6.45, 7) is 4.94. The molecule has 0 aliphatic carbocycles. The van der Waals surface area contributed by atoms with E-state index in [1.165, 1.54) is 10.4 Å². The van der Waals surface area contributed by atoms with Crippen LogP contribution < -0.4 is 9.64 Å². The number of H-pyrrole nitrogens is 1. The van der Waals surface area contributed by atoms with E-state index in [2.05, 4.69) is 37.5 Å². The molecule has 6 nitrogen and oxygen atoms in total. The van der Waals surface area contributed by atoms with E-state index < -0.39 is 0 Å². The number of phenols is 1. The quantitative estimate of drug-likeness (QED) is 0.683. The minimum Gasteiger partial charge on any atom is -0.508 e. The molecule has 0 saturated carbocycles. The van der Waals surface area contributed by atoms with Crippen LogP contribution in [0.2, 0.25) is 0 Å². The number of nitrogens with one attached hydrogen (secondary N) is 1. The van der Waals surface area contributed by atoms with Gasteiger partial charge in [0.05, 0.1) is 29.6 Å². The summed E-state index contributed by atoms with van der Waals surface area (Å²) < 4.78 is 5.43. The molecule has 3 aromatic rings. The van der Waals surface area contributed by atoms with Crippen molar-refractivity contribution >= 4 is 17.0 Å². The van der Waals surface area contributed by atoms with Gasteiger partial charge in [-0.2, -0.15) is 5.10 Å². The Hall–Kier alpha value is -2.51. The highest BCUT2D eigenvalue weighted by molar-refractivity contribution is 7.13. The summed E-state index contributed by atoms with van der Waals surface area (Å²) in [5.41, 5.74) is 3.47. The smallest absolute Gasteiger partial charge is 0.145 e. The fraction of sp³-hybridized carbons (Fsp3) is 0.350. The number of aromatic amines is 1. The van der Waals surface area contributed by atoms with Gasteiger partial charge in [-0.15, -0.1) is 11.3 Å². The monoisotopic (exact) mass is 384 g/mol. The Morgan fingerprint density at radius 3 is 2.81 bits per heavy atom. The van der Waals surface area contributed by atoms with E-state index in [0.717, 1.165) is 56.3 Å². The van der Waals surface area contributed by atoms with Crippen molar-refractivity contribution in [1.29, 1.82) is 0 Å². The Labute approximate surface area is 163 Å². The fourth-order valence-electron chi connectivity index (χ4n) is 3.55. The zero-order valence-electron chi connectivity index (χ0n) is 15.4. The second-order valence-corrected chi connectivity index (χ2v) is 7.63. The second-order valence-electron chi connectivity index (χ2n) is 6.68.